The molecule has 0 spiro atoms. The molecule has 2 aliphatic heterocycles. The lowest BCUT2D eigenvalue weighted by Gasteiger charge is -2.43. The summed E-state index contributed by atoms with van der Waals surface area (Å²) >= 11 is 0. The molecule has 0 bridgehead atoms. The zero-order valence-electron chi connectivity index (χ0n) is 24.8. The molecule has 2 aromatic heterocycles. The van der Waals surface area contributed by atoms with Crippen molar-refractivity contribution in [3.63, 3.8) is 0 Å². The van der Waals surface area contributed by atoms with Gasteiger partial charge in [-0.2, -0.15) is 0 Å². The maximum atomic E-state index is 6.46. The fourth-order valence-corrected chi connectivity index (χ4v) is 8.36. The summed E-state index contributed by atoms with van der Waals surface area (Å²) < 4.78 is 8.88. The van der Waals surface area contributed by atoms with Crippen LogP contribution in [-0.2, 0) is 0 Å². The van der Waals surface area contributed by atoms with Gasteiger partial charge in [0.25, 0.3) is 0 Å². The van der Waals surface area contributed by atoms with Crippen molar-refractivity contribution in [3.8, 4) is 27.9 Å². The average molecular weight is 584 g/mol. The van der Waals surface area contributed by atoms with E-state index in [4.69, 9.17) is 4.42 Å². The number of nitrogens with zero attached hydrogens (tertiary/aromatic N) is 2. The topological polar surface area (TPSA) is 21.3 Å². The Kier molecular flexibility index (Phi) is 4.66. The number of furan rings is 1. The first-order valence-electron chi connectivity index (χ1n) is 15.9. The molecule has 46 heavy (non-hydrogen) atoms. The standard InChI is InChI=1S/C42H25BN2O/c1-2-12-26(13-3-1)44-37-23-22-31-29-16-6-10-20-36(29)45-35-19-9-5-15-28(35)27-14-4-8-18-34(27)43(45)42(31)41(37)33-24-32-30-17-7-11-21-39(30)46-40(32)25-38(33)44/h1-25H. The fourth-order valence-electron chi connectivity index (χ4n) is 8.36. The van der Waals surface area contributed by atoms with Crippen LogP contribution in [0.25, 0.3) is 71.7 Å². The van der Waals surface area contributed by atoms with Crippen LogP contribution < -0.4 is 15.7 Å². The van der Waals surface area contributed by atoms with E-state index in [1.165, 1.54) is 60.8 Å². The molecule has 0 N–H and O–H groups in total. The van der Waals surface area contributed by atoms with Gasteiger partial charge >= 0.3 is 6.85 Å². The minimum Gasteiger partial charge on any atom is -0.456 e. The molecule has 0 radical (unpaired) electrons. The molecule has 9 aromatic rings. The van der Waals surface area contributed by atoms with E-state index in [2.05, 4.69) is 155 Å². The molecule has 0 saturated carbocycles. The molecule has 4 heteroatoms. The van der Waals surface area contributed by atoms with Crippen LogP contribution >= 0.6 is 0 Å². The van der Waals surface area contributed by atoms with Crippen molar-refractivity contribution >= 4 is 72.9 Å². The van der Waals surface area contributed by atoms with E-state index in [1.54, 1.807) is 0 Å². The van der Waals surface area contributed by atoms with Crippen molar-refractivity contribution < 1.29 is 4.42 Å². The largest absolute Gasteiger partial charge is 0.456 e. The van der Waals surface area contributed by atoms with Crippen LogP contribution in [0.15, 0.2) is 156 Å². The molecule has 0 fully saturated rings. The number of hydrogen-bond acceptors (Lipinski definition) is 2. The smallest absolute Gasteiger partial charge is 0.330 e. The van der Waals surface area contributed by atoms with E-state index < -0.39 is 0 Å². The predicted octanol–water partition coefficient (Wildman–Crippen LogP) is 9.59. The Labute approximate surface area is 265 Å². The summed E-state index contributed by atoms with van der Waals surface area (Å²) in [5.41, 5.74) is 15.6. The predicted molar refractivity (Wildman–Crippen MR) is 193 cm³/mol. The first kappa shape index (κ1) is 24.3. The van der Waals surface area contributed by atoms with E-state index in [0.29, 0.717) is 0 Å². The minimum absolute atomic E-state index is 0.00585. The Morgan fingerprint density at radius 2 is 1.13 bits per heavy atom. The van der Waals surface area contributed by atoms with Crippen molar-refractivity contribution in [2.75, 3.05) is 4.81 Å². The summed E-state index contributed by atoms with van der Waals surface area (Å²) in [6, 6.07) is 55.2. The third-order valence-electron chi connectivity index (χ3n) is 10.2. The zero-order chi connectivity index (χ0) is 29.9. The molecule has 7 aromatic carbocycles. The summed E-state index contributed by atoms with van der Waals surface area (Å²) in [6.45, 7) is 0.00585. The van der Waals surface area contributed by atoms with E-state index in [-0.39, 0.29) is 6.85 Å². The number of rotatable bonds is 1. The fraction of sp³-hybridized carbons (Fsp3) is 0. The third kappa shape index (κ3) is 3.03. The maximum absolute atomic E-state index is 6.46. The van der Waals surface area contributed by atoms with E-state index in [1.807, 2.05) is 6.07 Å². The minimum atomic E-state index is 0.00585. The Bertz CT molecular complexity index is 2720. The number of anilines is 2. The Hall–Kier alpha value is -6.00. The summed E-state index contributed by atoms with van der Waals surface area (Å²) in [5.74, 6) is 0. The maximum Gasteiger partial charge on any atom is 0.330 e. The Morgan fingerprint density at radius 3 is 1.96 bits per heavy atom. The summed E-state index contributed by atoms with van der Waals surface area (Å²) in [5, 5.41) is 4.83. The zero-order valence-corrected chi connectivity index (χ0v) is 24.8. The highest BCUT2D eigenvalue weighted by Gasteiger charge is 2.43. The molecule has 2 aliphatic rings. The van der Waals surface area contributed by atoms with Crippen LogP contribution in [0.1, 0.15) is 0 Å². The van der Waals surface area contributed by atoms with Gasteiger partial charge in [0.1, 0.15) is 11.2 Å². The highest BCUT2D eigenvalue weighted by Crippen LogP contribution is 2.48. The lowest BCUT2D eigenvalue weighted by molar-refractivity contribution is 0.669. The van der Waals surface area contributed by atoms with Crippen LogP contribution in [0.3, 0.4) is 0 Å². The number of hydrogen-bond donors (Lipinski definition) is 0. The molecule has 212 valence electrons. The Balaban J connectivity index is 1.36. The molecule has 3 nitrogen and oxygen atoms in total. The Morgan fingerprint density at radius 1 is 0.457 bits per heavy atom. The van der Waals surface area contributed by atoms with Gasteiger partial charge in [-0.1, -0.05) is 103 Å². The number of fused-ring (bicyclic) bond motifs is 18. The van der Waals surface area contributed by atoms with Crippen molar-refractivity contribution in [2.45, 2.75) is 0 Å². The van der Waals surface area contributed by atoms with Gasteiger partial charge in [-0.15, -0.1) is 0 Å². The number of para-hydroxylation sites is 4. The normalized spacial score (nSPS) is 13.1. The van der Waals surface area contributed by atoms with Gasteiger partial charge in [-0.3, -0.25) is 0 Å². The molecule has 0 aliphatic carbocycles. The first-order valence-corrected chi connectivity index (χ1v) is 15.9. The first-order chi connectivity index (χ1) is 22.8. The lowest BCUT2D eigenvalue weighted by atomic mass is 9.42. The van der Waals surface area contributed by atoms with Gasteiger partial charge in [-0.25, -0.2) is 0 Å². The highest BCUT2D eigenvalue weighted by molar-refractivity contribution is 6.94. The molecule has 0 atom stereocenters. The molecular formula is C42H25BN2O. The van der Waals surface area contributed by atoms with Crippen molar-refractivity contribution in [1.82, 2.24) is 4.57 Å². The van der Waals surface area contributed by atoms with Gasteiger partial charge in [0.05, 0.1) is 11.0 Å². The van der Waals surface area contributed by atoms with E-state index in [0.717, 1.165) is 33.1 Å². The second kappa shape index (κ2) is 8.80. The number of benzene rings is 7. The van der Waals surface area contributed by atoms with E-state index in [9.17, 15) is 0 Å². The molecule has 0 amide bonds. The van der Waals surface area contributed by atoms with Crippen LogP contribution in [0, 0.1) is 0 Å². The highest BCUT2D eigenvalue weighted by atomic mass is 16.3. The van der Waals surface area contributed by atoms with Crippen LogP contribution in [0.5, 0.6) is 0 Å². The lowest BCUT2D eigenvalue weighted by Crippen LogP contribution is -2.59. The van der Waals surface area contributed by atoms with Gasteiger partial charge in [-0.05, 0) is 64.5 Å². The molecule has 0 unspecified atom stereocenters. The van der Waals surface area contributed by atoms with Crippen LogP contribution in [0.4, 0.5) is 11.4 Å². The molecule has 11 rings (SSSR count). The van der Waals surface area contributed by atoms with Crippen molar-refractivity contribution in [1.29, 1.82) is 0 Å². The average Bonchev–Trinajstić information content (AvgIpc) is 3.65. The molecule has 0 saturated heterocycles. The van der Waals surface area contributed by atoms with Gasteiger partial charge in [0, 0.05) is 55.8 Å². The van der Waals surface area contributed by atoms with Gasteiger partial charge < -0.3 is 13.8 Å². The molecular weight excluding hydrogens is 559 g/mol. The summed E-state index contributed by atoms with van der Waals surface area (Å²) in [6.07, 6.45) is 0. The monoisotopic (exact) mass is 584 g/mol. The van der Waals surface area contributed by atoms with Gasteiger partial charge in [0.15, 0.2) is 0 Å². The third-order valence-corrected chi connectivity index (χ3v) is 10.2. The quantitative estimate of drug-likeness (QED) is 0.179. The van der Waals surface area contributed by atoms with Crippen molar-refractivity contribution in [2.24, 2.45) is 0 Å². The SMILES string of the molecule is c1ccc(-n2c3cc4oc5ccccc5c4cc3c3c4c(ccc32)-c2ccccc2N2B4c3ccccc3-c3ccccc32)cc1. The van der Waals surface area contributed by atoms with Gasteiger partial charge in [0.2, 0.25) is 0 Å². The number of aromatic nitrogens is 1. The summed E-state index contributed by atoms with van der Waals surface area (Å²) in [4.78, 5) is 2.59. The second-order valence-electron chi connectivity index (χ2n) is 12.4. The molecule has 4 heterocycles. The van der Waals surface area contributed by atoms with Crippen LogP contribution in [-0.4, -0.2) is 11.4 Å². The summed E-state index contributed by atoms with van der Waals surface area (Å²) in [7, 11) is 0. The van der Waals surface area contributed by atoms with E-state index >= 15 is 0 Å². The second-order valence-corrected chi connectivity index (χ2v) is 12.4. The van der Waals surface area contributed by atoms with Crippen molar-refractivity contribution in [3.05, 3.63) is 152 Å². The van der Waals surface area contributed by atoms with Crippen LogP contribution in [0.2, 0.25) is 0 Å².